The molecular formula is C20H24N4. The normalized spacial score (nSPS) is 12.3. The molecule has 24 heavy (non-hydrogen) atoms. The van der Waals surface area contributed by atoms with Crippen molar-refractivity contribution < 1.29 is 0 Å². The molecule has 0 bridgehead atoms. The average molecular weight is 320 g/mol. The van der Waals surface area contributed by atoms with Gasteiger partial charge in [0.2, 0.25) is 0 Å². The van der Waals surface area contributed by atoms with Crippen molar-refractivity contribution in [2.45, 2.75) is 33.4 Å². The van der Waals surface area contributed by atoms with E-state index in [1.165, 1.54) is 27.9 Å². The van der Waals surface area contributed by atoms with Crippen LogP contribution in [0.25, 0.3) is 11.1 Å². The summed E-state index contributed by atoms with van der Waals surface area (Å²) in [5.41, 5.74) is 7.31. The third kappa shape index (κ3) is 3.39. The van der Waals surface area contributed by atoms with Crippen molar-refractivity contribution in [1.82, 2.24) is 20.1 Å². The molecular weight excluding hydrogens is 296 g/mol. The molecule has 2 heterocycles. The van der Waals surface area contributed by atoms with Crippen molar-refractivity contribution >= 4 is 0 Å². The first-order valence-electron chi connectivity index (χ1n) is 8.29. The van der Waals surface area contributed by atoms with Crippen LogP contribution < -0.4 is 5.32 Å². The van der Waals surface area contributed by atoms with Gasteiger partial charge in [0.05, 0.1) is 5.69 Å². The summed E-state index contributed by atoms with van der Waals surface area (Å²) in [5.74, 6) is 0. The highest BCUT2D eigenvalue weighted by atomic mass is 15.3. The molecule has 1 N–H and O–H groups in total. The quantitative estimate of drug-likeness (QED) is 0.774. The van der Waals surface area contributed by atoms with Gasteiger partial charge in [0, 0.05) is 43.3 Å². The smallest absolute Gasteiger partial charge is 0.0644 e. The van der Waals surface area contributed by atoms with E-state index in [9.17, 15) is 0 Å². The van der Waals surface area contributed by atoms with Gasteiger partial charge in [-0.1, -0.05) is 24.3 Å². The van der Waals surface area contributed by atoms with Crippen LogP contribution in [-0.2, 0) is 13.6 Å². The average Bonchev–Trinajstić information content (AvgIpc) is 2.86. The summed E-state index contributed by atoms with van der Waals surface area (Å²) in [6.07, 6.45) is 3.65. The van der Waals surface area contributed by atoms with Crippen LogP contribution in [0.2, 0.25) is 0 Å². The molecule has 3 rings (SSSR count). The van der Waals surface area contributed by atoms with E-state index >= 15 is 0 Å². The molecule has 0 radical (unpaired) electrons. The largest absolute Gasteiger partial charge is 0.306 e. The van der Waals surface area contributed by atoms with E-state index in [0.29, 0.717) is 0 Å². The Morgan fingerprint density at radius 2 is 1.62 bits per heavy atom. The van der Waals surface area contributed by atoms with Crippen LogP contribution in [0.1, 0.15) is 35.5 Å². The molecule has 1 atom stereocenters. The molecule has 4 heteroatoms. The summed E-state index contributed by atoms with van der Waals surface area (Å²) in [6, 6.07) is 13.0. The number of rotatable bonds is 5. The molecule has 4 nitrogen and oxygen atoms in total. The Labute approximate surface area is 143 Å². The minimum atomic E-state index is 0.276. The van der Waals surface area contributed by atoms with E-state index in [2.05, 4.69) is 60.4 Å². The van der Waals surface area contributed by atoms with Gasteiger partial charge in [0.25, 0.3) is 0 Å². The van der Waals surface area contributed by atoms with Crippen molar-refractivity contribution in [3.8, 4) is 11.1 Å². The standard InChI is InChI=1S/C20H24N4/c1-14(20-15(2)23-24(4)16(20)3)22-13-17-5-7-18(8-6-17)19-9-11-21-12-10-19/h5-12,14,22H,13H2,1-4H3. The summed E-state index contributed by atoms with van der Waals surface area (Å²) in [4.78, 5) is 4.07. The van der Waals surface area contributed by atoms with Gasteiger partial charge in [-0.2, -0.15) is 5.10 Å². The lowest BCUT2D eigenvalue weighted by Gasteiger charge is -2.15. The predicted octanol–water partition coefficient (Wildman–Crippen LogP) is 3.95. The summed E-state index contributed by atoms with van der Waals surface area (Å²) in [5, 5.41) is 8.11. The van der Waals surface area contributed by atoms with Crippen LogP contribution in [0.15, 0.2) is 48.8 Å². The molecule has 0 aliphatic heterocycles. The monoisotopic (exact) mass is 320 g/mol. The lowest BCUT2D eigenvalue weighted by atomic mass is 10.0. The fourth-order valence-corrected chi connectivity index (χ4v) is 3.15. The lowest BCUT2D eigenvalue weighted by molar-refractivity contribution is 0.568. The van der Waals surface area contributed by atoms with Gasteiger partial charge in [-0.05, 0) is 49.6 Å². The minimum absolute atomic E-state index is 0.276. The predicted molar refractivity (Wildman–Crippen MR) is 97.6 cm³/mol. The van der Waals surface area contributed by atoms with Gasteiger partial charge < -0.3 is 5.32 Å². The second kappa shape index (κ2) is 6.97. The number of aryl methyl sites for hydroxylation is 2. The number of aromatic nitrogens is 3. The minimum Gasteiger partial charge on any atom is -0.306 e. The third-order valence-electron chi connectivity index (χ3n) is 4.58. The van der Waals surface area contributed by atoms with Crippen LogP contribution in [-0.4, -0.2) is 14.8 Å². The third-order valence-corrected chi connectivity index (χ3v) is 4.58. The number of benzene rings is 1. The Kier molecular flexibility index (Phi) is 4.76. The van der Waals surface area contributed by atoms with Crippen LogP contribution in [0, 0.1) is 13.8 Å². The van der Waals surface area contributed by atoms with Gasteiger partial charge in [0.1, 0.15) is 0 Å². The number of nitrogens with zero attached hydrogens (tertiary/aromatic N) is 3. The molecule has 0 spiro atoms. The Bertz CT molecular complexity index is 804. The number of hydrogen-bond acceptors (Lipinski definition) is 3. The fraction of sp³-hybridized carbons (Fsp3) is 0.300. The maximum atomic E-state index is 4.50. The van der Waals surface area contributed by atoms with E-state index in [1.54, 1.807) is 0 Å². The van der Waals surface area contributed by atoms with Crippen molar-refractivity contribution in [2.24, 2.45) is 7.05 Å². The van der Waals surface area contributed by atoms with Gasteiger partial charge in [-0.25, -0.2) is 0 Å². The van der Waals surface area contributed by atoms with E-state index in [1.807, 2.05) is 36.3 Å². The Balaban J connectivity index is 1.66. The van der Waals surface area contributed by atoms with Crippen LogP contribution in [0.5, 0.6) is 0 Å². The van der Waals surface area contributed by atoms with Crippen molar-refractivity contribution in [1.29, 1.82) is 0 Å². The summed E-state index contributed by atoms with van der Waals surface area (Å²) in [6.45, 7) is 7.23. The Hall–Kier alpha value is -2.46. The molecule has 0 amide bonds. The van der Waals surface area contributed by atoms with E-state index in [-0.39, 0.29) is 6.04 Å². The summed E-state index contributed by atoms with van der Waals surface area (Å²) < 4.78 is 1.95. The second-order valence-corrected chi connectivity index (χ2v) is 6.24. The van der Waals surface area contributed by atoms with Crippen molar-refractivity contribution in [2.75, 3.05) is 0 Å². The SMILES string of the molecule is Cc1nn(C)c(C)c1C(C)NCc1ccc(-c2ccncc2)cc1. The molecule has 0 saturated heterocycles. The second-order valence-electron chi connectivity index (χ2n) is 6.24. The van der Waals surface area contributed by atoms with E-state index in [4.69, 9.17) is 0 Å². The molecule has 2 aromatic heterocycles. The highest BCUT2D eigenvalue weighted by Gasteiger charge is 2.15. The first kappa shape index (κ1) is 16.4. The highest BCUT2D eigenvalue weighted by Crippen LogP contribution is 2.22. The molecule has 1 aromatic carbocycles. The first-order chi connectivity index (χ1) is 11.6. The van der Waals surface area contributed by atoms with Crippen LogP contribution in [0.3, 0.4) is 0 Å². The fourth-order valence-electron chi connectivity index (χ4n) is 3.15. The molecule has 1 unspecified atom stereocenters. The van der Waals surface area contributed by atoms with Gasteiger partial charge in [-0.15, -0.1) is 0 Å². The number of pyridine rings is 1. The maximum absolute atomic E-state index is 4.50. The summed E-state index contributed by atoms with van der Waals surface area (Å²) >= 11 is 0. The molecule has 0 saturated carbocycles. The summed E-state index contributed by atoms with van der Waals surface area (Å²) in [7, 11) is 2.00. The zero-order chi connectivity index (χ0) is 17.1. The van der Waals surface area contributed by atoms with E-state index < -0.39 is 0 Å². The number of hydrogen-bond donors (Lipinski definition) is 1. The van der Waals surface area contributed by atoms with Gasteiger partial charge in [0.15, 0.2) is 0 Å². The zero-order valence-corrected chi connectivity index (χ0v) is 14.7. The molecule has 3 aromatic rings. The lowest BCUT2D eigenvalue weighted by Crippen LogP contribution is -2.19. The number of nitrogens with one attached hydrogen (secondary N) is 1. The molecule has 0 fully saturated rings. The molecule has 0 aliphatic carbocycles. The topological polar surface area (TPSA) is 42.7 Å². The highest BCUT2D eigenvalue weighted by molar-refractivity contribution is 5.62. The van der Waals surface area contributed by atoms with Crippen molar-refractivity contribution in [3.63, 3.8) is 0 Å². The van der Waals surface area contributed by atoms with Crippen LogP contribution in [0.4, 0.5) is 0 Å². The maximum Gasteiger partial charge on any atom is 0.0644 e. The zero-order valence-electron chi connectivity index (χ0n) is 14.7. The van der Waals surface area contributed by atoms with E-state index in [0.717, 1.165) is 12.2 Å². The molecule has 0 aliphatic rings. The van der Waals surface area contributed by atoms with Crippen molar-refractivity contribution in [3.05, 3.63) is 71.3 Å². The van der Waals surface area contributed by atoms with Gasteiger partial charge >= 0.3 is 0 Å². The first-order valence-corrected chi connectivity index (χ1v) is 8.29. The van der Waals surface area contributed by atoms with Crippen LogP contribution >= 0.6 is 0 Å². The molecule has 124 valence electrons. The Morgan fingerprint density at radius 1 is 1.00 bits per heavy atom. The Morgan fingerprint density at radius 3 is 2.21 bits per heavy atom. The van der Waals surface area contributed by atoms with Gasteiger partial charge in [-0.3, -0.25) is 9.67 Å².